The van der Waals surface area contributed by atoms with Gasteiger partial charge in [-0.2, -0.15) is 0 Å². The molecular weight excluding hydrogens is 310 g/mol. The van der Waals surface area contributed by atoms with Crippen molar-refractivity contribution < 1.29 is 4.79 Å². The Bertz CT molecular complexity index is 866. The van der Waals surface area contributed by atoms with E-state index in [1.807, 2.05) is 35.2 Å². The number of carbonyl (C=O) groups excluding carboxylic acids is 1. The Morgan fingerprint density at radius 2 is 2.12 bits per heavy atom. The summed E-state index contributed by atoms with van der Waals surface area (Å²) in [5.74, 6) is 1.52. The van der Waals surface area contributed by atoms with Crippen molar-refractivity contribution in [2.45, 2.75) is 32.1 Å². The number of aryl methyl sites for hydroxylation is 1. The monoisotopic (exact) mass is 333 g/mol. The van der Waals surface area contributed by atoms with Crippen LogP contribution in [0.3, 0.4) is 0 Å². The molecule has 1 saturated heterocycles. The molecular formula is C21H23N3O. The second-order valence-electron chi connectivity index (χ2n) is 6.98. The zero-order valence-electron chi connectivity index (χ0n) is 14.5. The molecule has 1 aliphatic rings. The first-order chi connectivity index (χ1) is 12.2. The van der Waals surface area contributed by atoms with Crippen LogP contribution in [0.5, 0.6) is 0 Å². The van der Waals surface area contributed by atoms with Crippen LogP contribution in [0.4, 0.5) is 0 Å². The first-order valence-corrected chi connectivity index (χ1v) is 8.97. The van der Waals surface area contributed by atoms with Crippen molar-refractivity contribution in [3.05, 3.63) is 65.5 Å². The van der Waals surface area contributed by atoms with Crippen LogP contribution in [0.25, 0.3) is 11.0 Å². The van der Waals surface area contributed by atoms with E-state index in [2.05, 4.69) is 30.1 Å². The summed E-state index contributed by atoms with van der Waals surface area (Å²) in [6.45, 7) is 3.67. The molecule has 1 fully saturated rings. The highest BCUT2D eigenvalue weighted by molar-refractivity contribution is 5.79. The molecule has 1 atom stereocenters. The largest absolute Gasteiger partial charge is 0.342 e. The Morgan fingerprint density at radius 3 is 2.96 bits per heavy atom. The quantitative estimate of drug-likeness (QED) is 0.792. The molecule has 2 aromatic carbocycles. The predicted octanol–water partition coefficient (Wildman–Crippen LogP) is 3.82. The second kappa shape index (κ2) is 6.71. The number of nitrogens with zero attached hydrogens (tertiary/aromatic N) is 2. The summed E-state index contributed by atoms with van der Waals surface area (Å²) in [6.07, 6.45) is 2.59. The fourth-order valence-electron chi connectivity index (χ4n) is 3.70. The van der Waals surface area contributed by atoms with Crippen LogP contribution in [-0.4, -0.2) is 33.9 Å². The number of rotatable bonds is 3. The normalized spacial score (nSPS) is 17.8. The number of H-pyrrole nitrogens is 1. The van der Waals surface area contributed by atoms with Crippen LogP contribution in [0, 0.1) is 6.92 Å². The van der Waals surface area contributed by atoms with E-state index in [0.29, 0.717) is 12.3 Å². The smallest absolute Gasteiger partial charge is 0.227 e. The van der Waals surface area contributed by atoms with Crippen molar-refractivity contribution in [3.8, 4) is 0 Å². The zero-order valence-corrected chi connectivity index (χ0v) is 14.5. The number of aromatic nitrogens is 2. The number of hydrogen-bond acceptors (Lipinski definition) is 2. The lowest BCUT2D eigenvalue weighted by atomic mass is 9.96. The SMILES string of the molecule is Cc1cccc(CC(=O)N2CCC[C@@H](c3nc4ccccc4[nH]3)C2)c1. The summed E-state index contributed by atoms with van der Waals surface area (Å²) < 4.78 is 0. The van der Waals surface area contributed by atoms with Crippen LogP contribution >= 0.6 is 0 Å². The molecule has 3 aromatic rings. The molecule has 0 radical (unpaired) electrons. The minimum absolute atomic E-state index is 0.214. The first kappa shape index (κ1) is 15.9. The molecule has 1 aromatic heterocycles. The van der Waals surface area contributed by atoms with E-state index in [-0.39, 0.29) is 5.91 Å². The van der Waals surface area contributed by atoms with Crippen LogP contribution in [-0.2, 0) is 11.2 Å². The molecule has 1 N–H and O–H groups in total. The predicted molar refractivity (Wildman–Crippen MR) is 99.5 cm³/mol. The Morgan fingerprint density at radius 1 is 1.24 bits per heavy atom. The number of fused-ring (bicyclic) bond motifs is 1. The zero-order chi connectivity index (χ0) is 17.2. The standard InChI is InChI=1S/C21H23N3O/c1-15-6-4-7-16(12-15)13-20(25)24-11-5-8-17(14-24)21-22-18-9-2-3-10-19(18)23-21/h2-4,6-7,9-10,12,17H,5,8,11,13-14H2,1H3,(H,22,23)/t17-/m1/s1. The minimum Gasteiger partial charge on any atom is -0.342 e. The van der Waals surface area contributed by atoms with Crippen molar-refractivity contribution >= 4 is 16.9 Å². The number of carbonyl (C=O) groups is 1. The lowest BCUT2D eigenvalue weighted by Crippen LogP contribution is -2.40. The molecule has 0 saturated carbocycles. The average Bonchev–Trinajstić information content (AvgIpc) is 3.06. The summed E-state index contributed by atoms with van der Waals surface area (Å²) in [6, 6.07) is 16.3. The van der Waals surface area contributed by atoms with Crippen molar-refractivity contribution in [1.29, 1.82) is 0 Å². The Hall–Kier alpha value is -2.62. The summed E-state index contributed by atoms with van der Waals surface area (Å²) in [5, 5.41) is 0. The van der Waals surface area contributed by atoms with Gasteiger partial charge in [-0.05, 0) is 37.5 Å². The van der Waals surface area contributed by atoms with Gasteiger partial charge in [0.05, 0.1) is 17.5 Å². The third kappa shape index (κ3) is 3.43. The van der Waals surface area contributed by atoms with Crippen molar-refractivity contribution in [1.82, 2.24) is 14.9 Å². The van der Waals surface area contributed by atoms with Gasteiger partial charge in [-0.15, -0.1) is 0 Å². The summed E-state index contributed by atoms with van der Waals surface area (Å²) in [4.78, 5) is 22.9. The summed E-state index contributed by atoms with van der Waals surface area (Å²) in [7, 11) is 0. The number of likely N-dealkylation sites (tertiary alicyclic amines) is 1. The Kier molecular flexibility index (Phi) is 4.26. The third-order valence-electron chi connectivity index (χ3n) is 5.01. The van der Waals surface area contributed by atoms with Crippen LogP contribution in [0.1, 0.15) is 35.7 Å². The van der Waals surface area contributed by atoms with E-state index < -0.39 is 0 Å². The maximum atomic E-state index is 12.7. The molecule has 2 heterocycles. The number of para-hydroxylation sites is 2. The molecule has 0 unspecified atom stereocenters. The highest BCUT2D eigenvalue weighted by Crippen LogP contribution is 2.27. The van der Waals surface area contributed by atoms with Crippen molar-refractivity contribution in [2.24, 2.45) is 0 Å². The Balaban J connectivity index is 1.47. The highest BCUT2D eigenvalue weighted by atomic mass is 16.2. The molecule has 1 aliphatic heterocycles. The van der Waals surface area contributed by atoms with Crippen molar-refractivity contribution in [2.75, 3.05) is 13.1 Å². The summed E-state index contributed by atoms with van der Waals surface area (Å²) >= 11 is 0. The average molecular weight is 333 g/mol. The molecule has 4 nitrogen and oxygen atoms in total. The molecule has 1 amide bonds. The maximum absolute atomic E-state index is 12.7. The van der Waals surface area contributed by atoms with E-state index in [0.717, 1.165) is 48.4 Å². The van der Waals surface area contributed by atoms with Crippen LogP contribution in [0.2, 0.25) is 0 Å². The fourth-order valence-corrected chi connectivity index (χ4v) is 3.70. The van der Waals surface area contributed by atoms with Gasteiger partial charge in [0.1, 0.15) is 5.82 Å². The first-order valence-electron chi connectivity index (χ1n) is 8.97. The summed E-state index contributed by atoms with van der Waals surface area (Å²) in [5.41, 5.74) is 4.36. The van der Waals surface area contributed by atoms with E-state index >= 15 is 0 Å². The number of hydrogen-bond donors (Lipinski definition) is 1. The van der Waals surface area contributed by atoms with Gasteiger partial charge in [-0.1, -0.05) is 42.0 Å². The van der Waals surface area contributed by atoms with Gasteiger partial charge in [0.2, 0.25) is 5.91 Å². The highest BCUT2D eigenvalue weighted by Gasteiger charge is 2.26. The topological polar surface area (TPSA) is 49.0 Å². The number of imidazole rings is 1. The second-order valence-corrected chi connectivity index (χ2v) is 6.98. The molecule has 0 bridgehead atoms. The minimum atomic E-state index is 0.214. The molecule has 0 aliphatic carbocycles. The van der Waals surface area contributed by atoms with Crippen LogP contribution < -0.4 is 0 Å². The van der Waals surface area contributed by atoms with E-state index in [4.69, 9.17) is 4.98 Å². The maximum Gasteiger partial charge on any atom is 0.227 e. The number of piperidine rings is 1. The Labute approximate surface area is 147 Å². The molecule has 128 valence electrons. The van der Waals surface area contributed by atoms with Gasteiger partial charge in [-0.3, -0.25) is 4.79 Å². The molecule has 4 heteroatoms. The van der Waals surface area contributed by atoms with Gasteiger partial charge < -0.3 is 9.88 Å². The van der Waals surface area contributed by atoms with Gasteiger partial charge >= 0.3 is 0 Å². The molecule has 4 rings (SSSR count). The molecule has 0 spiro atoms. The van der Waals surface area contributed by atoms with Gasteiger partial charge in [0.15, 0.2) is 0 Å². The van der Waals surface area contributed by atoms with E-state index in [9.17, 15) is 4.79 Å². The van der Waals surface area contributed by atoms with Crippen molar-refractivity contribution in [3.63, 3.8) is 0 Å². The lowest BCUT2D eigenvalue weighted by Gasteiger charge is -2.32. The number of benzene rings is 2. The van der Waals surface area contributed by atoms with Crippen LogP contribution in [0.15, 0.2) is 48.5 Å². The van der Waals surface area contributed by atoms with Gasteiger partial charge in [-0.25, -0.2) is 4.98 Å². The number of nitrogens with one attached hydrogen (secondary N) is 1. The van der Waals surface area contributed by atoms with Gasteiger partial charge in [0, 0.05) is 19.0 Å². The number of amides is 1. The van der Waals surface area contributed by atoms with Gasteiger partial charge in [0.25, 0.3) is 0 Å². The lowest BCUT2D eigenvalue weighted by molar-refractivity contribution is -0.131. The van der Waals surface area contributed by atoms with E-state index in [1.54, 1.807) is 0 Å². The number of aromatic amines is 1. The fraction of sp³-hybridized carbons (Fsp3) is 0.333. The van der Waals surface area contributed by atoms with E-state index in [1.165, 1.54) is 5.56 Å². The third-order valence-corrected chi connectivity index (χ3v) is 5.01. The molecule has 25 heavy (non-hydrogen) atoms.